The first-order valence-electron chi connectivity index (χ1n) is 8.82. The van der Waals surface area contributed by atoms with Gasteiger partial charge in [-0.25, -0.2) is 0 Å². The normalized spacial score (nSPS) is 16.6. The Kier molecular flexibility index (Phi) is 4.62. The summed E-state index contributed by atoms with van der Waals surface area (Å²) in [5, 5.41) is 1.30. The molecule has 1 amide bonds. The van der Waals surface area contributed by atoms with Crippen LogP contribution < -0.4 is 0 Å². The van der Waals surface area contributed by atoms with Gasteiger partial charge >= 0.3 is 0 Å². The topological polar surface area (TPSA) is 36.1 Å². The molecule has 128 valence electrons. The molecule has 25 heavy (non-hydrogen) atoms. The molecule has 0 bridgehead atoms. The summed E-state index contributed by atoms with van der Waals surface area (Å²) in [6.45, 7) is 0.728. The number of halogens is 1. The van der Waals surface area contributed by atoms with E-state index < -0.39 is 0 Å². The van der Waals surface area contributed by atoms with Gasteiger partial charge < -0.3 is 9.88 Å². The highest BCUT2D eigenvalue weighted by molar-refractivity contribution is 9.10. The highest BCUT2D eigenvalue weighted by Gasteiger charge is 2.28. The van der Waals surface area contributed by atoms with Crippen LogP contribution in [0.25, 0.3) is 10.9 Å². The standard InChI is InChI=1S/C21H21BrN2O/c22-18-9-3-1-6-15(18)12-13-24(14-25)20-11-5-8-17-16-7-2-4-10-19(16)23-21(17)20/h1-4,6-7,9-10,14,20,23H,5,8,11-13H2. The first-order chi connectivity index (χ1) is 12.3. The summed E-state index contributed by atoms with van der Waals surface area (Å²) in [7, 11) is 0. The van der Waals surface area contributed by atoms with Gasteiger partial charge in [0.2, 0.25) is 6.41 Å². The molecular weight excluding hydrogens is 376 g/mol. The number of nitrogens with one attached hydrogen (secondary N) is 1. The van der Waals surface area contributed by atoms with Crippen LogP contribution in [0.1, 0.15) is 35.7 Å². The Morgan fingerprint density at radius 1 is 1.16 bits per heavy atom. The average Bonchev–Trinajstić information content (AvgIpc) is 3.03. The molecule has 1 aromatic heterocycles. The summed E-state index contributed by atoms with van der Waals surface area (Å²) in [5.74, 6) is 0. The number of H-pyrrole nitrogens is 1. The quantitative estimate of drug-likeness (QED) is 0.604. The Labute approximate surface area is 156 Å². The van der Waals surface area contributed by atoms with Crippen LogP contribution in [0.2, 0.25) is 0 Å². The Morgan fingerprint density at radius 2 is 1.96 bits per heavy atom. The van der Waals surface area contributed by atoms with E-state index in [0.29, 0.717) is 0 Å². The minimum atomic E-state index is 0.149. The molecule has 1 unspecified atom stereocenters. The van der Waals surface area contributed by atoms with Crippen molar-refractivity contribution >= 4 is 33.2 Å². The van der Waals surface area contributed by atoms with E-state index in [4.69, 9.17) is 0 Å². The Morgan fingerprint density at radius 3 is 2.80 bits per heavy atom. The van der Waals surface area contributed by atoms with Crippen LogP contribution in [-0.2, 0) is 17.6 Å². The molecule has 1 aliphatic carbocycles. The van der Waals surface area contributed by atoms with E-state index in [2.05, 4.69) is 57.3 Å². The molecular formula is C21H21BrN2O. The number of hydrogen-bond donors (Lipinski definition) is 1. The van der Waals surface area contributed by atoms with Crippen molar-refractivity contribution in [1.82, 2.24) is 9.88 Å². The molecule has 1 heterocycles. The number of benzene rings is 2. The van der Waals surface area contributed by atoms with Crippen LogP contribution in [0, 0.1) is 0 Å². The van der Waals surface area contributed by atoms with Crippen molar-refractivity contribution in [2.45, 2.75) is 31.7 Å². The van der Waals surface area contributed by atoms with Crippen molar-refractivity contribution in [2.75, 3.05) is 6.54 Å². The number of fused-ring (bicyclic) bond motifs is 3. The Balaban J connectivity index is 1.60. The van der Waals surface area contributed by atoms with E-state index in [9.17, 15) is 4.79 Å². The van der Waals surface area contributed by atoms with Crippen LogP contribution in [0.3, 0.4) is 0 Å². The zero-order valence-corrected chi connectivity index (χ0v) is 15.6. The van der Waals surface area contributed by atoms with E-state index in [0.717, 1.165) is 43.1 Å². The third kappa shape index (κ3) is 3.11. The van der Waals surface area contributed by atoms with Crippen molar-refractivity contribution in [3.63, 3.8) is 0 Å². The summed E-state index contributed by atoms with van der Waals surface area (Å²) < 4.78 is 1.11. The second kappa shape index (κ2) is 7.04. The molecule has 1 N–H and O–H groups in total. The molecule has 0 saturated carbocycles. The van der Waals surface area contributed by atoms with Crippen LogP contribution in [0.5, 0.6) is 0 Å². The maximum atomic E-state index is 11.8. The number of nitrogens with zero attached hydrogens (tertiary/aromatic N) is 1. The lowest BCUT2D eigenvalue weighted by Gasteiger charge is -2.31. The van der Waals surface area contributed by atoms with Gasteiger partial charge in [0.05, 0.1) is 6.04 Å². The monoisotopic (exact) mass is 396 g/mol. The van der Waals surface area contributed by atoms with Gasteiger partial charge in [-0.15, -0.1) is 0 Å². The van der Waals surface area contributed by atoms with E-state index in [1.165, 1.54) is 27.7 Å². The van der Waals surface area contributed by atoms with Gasteiger partial charge in [0, 0.05) is 27.6 Å². The maximum absolute atomic E-state index is 11.8. The average molecular weight is 397 g/mol. The van der Waals surface area contributed by atoms with Gasteiger partial charge in [-0.05, 0) is 48.9 Å². The lowest BCUT2D eigenvalue weighted by atomic mass is 9.90. The predicted octanol–water partition coefficient (Wildman–Crippen LogP) is 5.01. The lowest BCUT2D eigenvalue weighted by Crippen LogP contribution is -2.32. The fourth-order valence-corrected chi connectivity index (χ4v) is 4.44. The van der Waals surface area contributed by atoms with Crippen molar-refractivity contribution in [1.29, 1.82) is 0 Å². The van der Waals surface area contributed by atoms with Crippen LogP contribution in [-0.4, -0.2) is 22.8 Å². The Bertz CT molecular complexity index is 902. The Hall–Kier alpha value is -2.07. The van der Waals surface area contributed by atoms with Gasteiger partial charge in [0.1, 0.15) is 0 Å². The molecule has 0 spiro atoms. The minimum absolute atomic E-state index is 0.149. The summed E-state index contributed by atoms with van der Waals surface area (Å²) in [5.41, 5.74) is 5.03. The van der Waals surface area contributed by atoms with E-state index >= 15 is 0 Å². The molecule has 3 nitrogen and oxygen atoms in total. The zero-order chi connectivity index (χ0) is 17.2. The highest BCUT2D eigenvalue weighted by atomic mass is 79.9. The third-order valence-corrected chi connectivity index (χ3v) is 5.99. The lowest BCUT2D eigenvalue weighted by molar-refractivity contribution is -0.120. The first-order valence-corrected chi connectivity index (χ1v) is 9.61. The molecule has 4 heteroatoms. The van der Waals surface area contributed by atoms with Crippen molar-refractivity contribution in [2.24, 2.45) is 0 Å². The largest absolute Gasteiger partial charge is 0.356 e. The SMILES string of the molecule is O=CN(CCc1ccccc1Br)C1CCCc2c1[nH]c1ccccc21. The van der Waals surface area contributed by atoms with Crippen LogP contribution in [0.15, 0.2) is 53.0 Å². The molecule has 1 atom stereocenters. The fraction of sp³-hybridized carbons (Fsp3) is 0.286. The summed E-state index contributed by atoms with van der Waals surface area (Å²) >= 11 is 3.60. The summed E-state index contributed by atoms with van der Waals surface area (Å²) in [6, 6.07) is 16.8. The number of carbonyl (C=O) groups excluding carboxylic acids is 1. The number of aromatic nitrogens is 1. The number of aromatic amines is 1. The second-order valence-electron chi connectivity index (χ2n) is 6.66. The minimum Gasteiger partial charge on any atom is -0.356 e. The van der Waals surface area contributed by atoms with Gasteiger partial charge in [-0.1, -0.05) is 52.3 Å². The summed E-state index contributed by atoms with van der Waals surface area (Å²) in [4.78, 5) is 17.4. The molecule has 0 radical (unpaired) electrons. The molecule has 4 rings (SSSR count). The molecule has 2 aromatic carbocycles. The second-order valence-corrected chi connectivity index (χ2v) is 7.51. The predicted molar refractivity (Wildman–Crippen MR) is 105 cm³/mol. The van der Waals surface area contributed by atoms with E-state index in [1.54, 1.807) is 0 Å². The smallest absolute Gasteiger partial charge is 0.210 e. The van der Waals surface area contributed by atoms with Gasteiger partial charge in [-0.2, -0.15) is 0 Å². The van der Waals surface area contributed by atoms with Crippen LogP contribution >= 0.6 is 15.9 Å². The first kappa shape index (κ1) is 16.4. The number of aryl methyl sites for hydroxylation is 1. The molecule has 0 fully saturated rings. The molecule has 1 aliphatic rings. The van der Waals surface area contributed by atoms with Crippen LogP contribution in [0.4, 0.5) is 0 Å². The number of amides is 1. The highest BCUT2D eigenvalue weighted by Crippen LogP contribution is 2.37. The summed E-state index contributed by atoms with van der Waals surface area (Å²) in [6.07, 6.45) is 5.11. The van der Waals surface area contributed by atoms with Gasteiger partial charge in [0.25, 0.3) is 0 Å². The molecule has 3 aromatic rings. The fourth-order valence-electron chi connectivity index (χ4n) is 3.96. The number of carbonyl (C=O) groups is 1. The maximum Gasteiger partial charge on any atom is 0.210 e. The third-order valence-electron chi connectivity index (χ3n) is 5.22. The van der Waals surface area contributed by atoms with Crippen molar-refractivity contribution in [3.05, 3.63) is 69.8 Å². The number of hydrogen-bond acceptors (Lipinski definition) is 1. The van der Waals surface area contributed by atoms with E-state index in [-0.39, 0.29) is 6.04 Å². The van der Waals surface area contributed by atoms with Crippen molar-refractivity contribution < 1.29 is 4.79 Å². The van der Waals surface area contributed by atoms with E-state index in [1.807, 2.05) is 17.0 Å². The molecule has 0 saturated heterocycles. The molecule has 0 aliphatic heterocycles. The number of rotatable bonds is 5. The van der Waals surface area contributed by atoms with Gasteiger partial charge in [0.15, 0.2) is 0 Å². The van der Waals surface area contributed by atoms with Crippen molar-refractivity contribution in [3.8, 4) is 0 Å². The number of para-hydroxylation sites is 1. The zero-order valence-electron chi connectivity index (χ0n) is 14.0. The van der Waals surface area contributed by atoms with Gasteiger partial charge in [-0.3, -0.25) is 4.79 Å².